The molecule has 0 spiro atoms. The summed E-state index contributed by atoms with van der Waals surface area (Å²) in [5.74, 6) is 0.377. The Morgan fingerprint density at radius 2 is 1.76 bits per heavy atom. The molecule has 0 radical (unpaired) electrons. The Bertz CT molecular complexity index is 1390. The van der Waals surface area contributed by atoms with Gasteiger partial charge in [-0.15, -0.1) is 11.3 Å². The molecular formula is C24H22N6O2S. The van der Waals surface area contributed by atoms with Crippen LogP contribution in [0.15, 0.2) is 54.9 Å². The summed E-state index contributed by atoms with van der Waals surface area (Å²) < 4.78 is 0.872. The second kappa shape index (κ2) is 7.70. The van der Waals surface area contributed by atoms with Crippen molar-refractivity contribution in [2.75, 3.05) is 23.3 Å². The Hall–Kier alpha value is -3.72. The number of nitrogens with two attached hydrogens (primary N) is 1. The van der Waals surface area contributed by atoms with Crippen LogP contribution in [0.3, 0.4) is 0 Å². The fraction of sp³-hybridized carbons (Fsp3) is 0.250. The van der Waals surface area contributed by atoms with E-state index in [0.717, 1.165) is 45.3 Å². The van der Waals surface area contributed by atoms with Crippen LogP contribution in [0.1, 0.15) is 22.5 Å². The standard InChI is InChI=1S/C24H22N6O2S/c25-22(31)20-10-19-21(33-20)23(27-13-26-19)30-17-7-8-18(30)12-29(11-17)24(32)28-16-6-5-14-3-1-2-4-15(14)9-16/h1-6,9-10,13,17-18H,7-8,11-12H2,(H2,25,31)(H,28,32)/t17-,18+. The molecule has 33 heavy (non-hydrogen) atoms. The molecule has 6 rings (SSSR count). The number of carbonyl (C=O) groups excluding carboxylic acids is 2. The monoisotopic (exact) mass is 458 g/mol. The minimum absolute atomic E-state index is 0.0817. The Morgan fingerprint density at radius 1 is 1.00 bits per heavy atom. The summed E-state index contributed by atoms with van der Waals surface area (Å²) in [6.07, 6.45) is 3.52. The molecule has 4 aromatic rings. The van der Waals surface area contributed by atoms with Gasteiger partial charge in [-0.2, -0.15) is 0 Å². The van der Waals surface area contributed by atoms with E-state index in [2.05, 4.69) is 26.3 Å². The minimum atomic E-state index is -0.456. The molecular weight excluding hydrogens is 436 g/mol. The number of piperazine rings is 1. The van der Waals surface area contributed by atoms with Crippen LogP contribution in [0.2, 0.25) is 0 Å². The number of amides is 3. The second-order valence-electron chi connectivity index (χ2n) is 8.58. The van der Waals surface area contributed by atoms with Gasteiger partial charge < -0.3 is 20.9 Å². The molecule has 2 atom stereocenters. The van der Waals surface area contributed by atoms with Gasteiger partial charge in [-0.05, 0) is 41.8 Å². The highest BCUT2D eigenvalue weighted by Gasteiger charge is 2.43. The van der Waals surface area contributed by atoms with Crippen molar-refractivity contribution < 1.29 is 9.59 Å². The SMILES string of the molecule is NC(=O)c1cc2ncnc(N3[C@@H]4CC[C@H]3CN(C(=O)Nc3ccc5ccccc5c3)C4)c2s1. The Labute approximate surface area is 194 Å². The van der Waals surface area contributed by atoms with Crippen molar-refractivity contribution in [1.29, 1.82) is 0 Å². The zero-order valence-corrected chi connectivity index (χ0v) is 18.6. The van der Waals surface area contributed by atoms with E-state index in [-0.39, 0.29) is 18.1 Å². The van der Waals surface area contributed by atoms with Gasteiger partial charge in [-0.25, -0.2) is 14.8 Å². The van der Waals surface area contributed by atoms with Crippen molar-refractivity contribution in [3.05, 3.63) is 59.7 Å². The maximum absolute atomic E-state index is 13.1. The fourth-order valence-electron chi connectivity index (χ4n) is 5.03. The molecule has 9 heteroatoms. The average molecular weight is 459 g/mol. The molecule has 2 fully saturated rings. The van der Waals surface area contributed by atoms with Crippen LogP contribution in [0.4, 0.5) is 16.3 Å². The average Bonchev–Trinajstić information content (AvgIpc) is 3.37. The van der Waals surface area contributed by atoms with Crippen molar-refractivity contribution in [2.24, 2.45) is 5.73 Å². The van der Waals surface area contributed by atoms with Gasteiger partial charge in [0, 0.05) is 30.9 Å². The second-order valence-corrected chi connectivity index (χ2v) is 9.63. The first-order valence-electron chi connectivity index (χ1n) is 10.9. The van der Waals surface area contributed by atoms with E-state index in [1.807, 2.05) is 41.3 Å². The first-order valence-corrected chi connectivity index (χ1v) is 11.8. The number of anilines is 2. The van der Waals surface area contributed by atoms with Gasteiger partial charge in [0.15, 0.2) is 5.82 Å². The van der Waals surface area contributed by atoms with Gasteiger partial charge in [0.05, 0.1) is 15.1 Å². The van der Waals surface area contributed by atoms with Crippen molar-refractivity contribution in [3.63, 3.8) is 0 Å². The van der Waals surface area contributed by atoms with E-state index in [4.69, 9.17) is 5.73 Å². The third-order valence-electron chi connectivity index (χ3n) is 6.55. The number of thiophene rings is 1. The number of nitrogens with zero attached hydrogens (tertiary/aromatic N) is 4. The molecule has 2 aliphatic rings. The number of benzene rings is 2. The first-order chi connectivity index (χ1) is 16.1. The van der Waals surface area contributed by atoms with E-state index >= 15 is 0 Å². The number of primary amides is 1. The molecule has 2 aromatic heterocycles. The summed E-state index contributed by atoms with van der Waals surface area (Å²) in [6, 6.07) is 16.0. The van der Waals surface area contributed by atoms with E-state index in [1.165, 1.54) is 17.7 Å². The Balaban J connectivity index is 1.22. The highest BCUT2D eigenvalue weighted by Crippen LogP contribution is 2.39. The van der Waals surface area contributed by atoms with Crippen LogP contribution in [0, 0.1) is 0 Å². The van der Waals surface area contributed by atoms with E-state index in [9.17, 15) is 9.59 Å². The Kier molecular flexibility index (Phi) is 4.65. The molecule has 4 heterocycles. The fourth-order valence-corrected chi connectivity index (χ4v) is 5.99. The molecule has 0 saturated carbocycles. The lowest BCUT2D eigenvalue weighted by atomic mass is 10.1. The number of hydrogen-bond donors (Lipinski definition) is 2. The lowest BCUT2D eigenvalue weighted by molar-refractivity contribution is 0.100. The van der Waals surface area contributed by atoms with Crippen LogP contribution in [0.25, 0.3) is 21.0 Å². The summed E-state index contributed by atoms with van der Waals surface area (Å²) in [7, 11) is 0. The summed E-state index contributed by atoms with van der Waals surface area (Å²) in [4.78, 5) is 38.3. The molecule has 8 nitrogen and oxygen atoms in total. The van der Waals surface area contributed by atoms with Crippen molar-refractivity contribution in [2.45, 2.75) is 24.9 Å². The first kappa shape index (κ1) is 19.9. The molecule has 2 aromatic carbocycles. The normalized spacial score (nSPS) is 19.9. The summed E-state index contributed by atoms with van der Waals surface area (Å²) in [6.45, 7) is 1.24. The number of carbonyl (C=O) groups is 2. The summed E-state index contributed by atoms with van der Waals surface area (Å²) in [5.41, 5.74) is 7.00. The highest BCUT2D eigenvalue weighted by atomic mass is 32.1. The topological polar surface area (TPSA) is 104 Å². The number of urea groups is 1. The molecule has 2 bridgehead atoms. The lowest BCUT2D eigenvalue weighted by Gasteiger charge is -2.41. The lowest BCUT2D eigenvalue weighted by Crippen LogP contribution is -2.56. The van der Waals surface area contributed by atoms with Crippen LogP contribution in [-0.2, 0) is 0 Å². The van der Waals surface area contributed by atoms with Crippen LogP contribution in [0.5, 0.6) is 0 Å². The molecule has 2 aliphatic heterocycles. The number of likely N-dealkylation sites (tertiary alicyclic amines) is 1. The smallest absolute Gasteiger partial charge is 0.321 e. The van der Waals surface area contributed by atoms with Crippen molar-refractivity contribution in [3.8, 4) is 0 Å². The van der Waals surface area contributed by atoms with Gasteiger partial charge >= 0.3 is 6.03 Å². The Morgan fingerprint density at radius 3 is 2.52 bits per heavy atom. The quantitative estimate of drug-likeness (QED) is 0.486. The molecule has 3 N–H and O–H groups in total. The number of fused-ring (bicyclic) bond motifs is 4. The number of hydrogen-bond acceptors (Lipinski definition) is 6. The summed E-state index contributed by atoms with van der Waals surface area (Å²) >= 11 is 1.33. The largest absolute Gasteiger partial charge is 0.365 e. The molecule has 3 amide bonds. The predicted molar refractivity (Wildman–Crippen MR) is 130 cm³/mol. The maximum atomic E-state index is 13.1. The van der Waals surface area contributed by atoms with Gasteiger partial charge in [0.25, 0.3) is 5.91 Å². The van der Waals surface area contributed by atoms with Gasteiger partial charge in [-0.1, -0.05) is 30.3 Å². The zero-order valence-electron chi connectivity index (χ0n) is 17.8. The van der Waals surface area contributed by atoms with Crippen molar-refractivity contribution >= 4 is 55.8 Å². The number of aromatic nitrogens is 2. The highest BCUT2D eigenvalue weighted by molar-refractivity contribution is 7.21. The van der Waals surface area contributed by atoms with Gasteiger partial charge in [0.2, 0.25) is 0 Å². The molecule has 0 aliphatic carbocycles. The molecule has 166 valence electrons. The minimum Gasteiger partial charge on any atom is -0.365 e. The van der Waals surface area contributed by atoms with Crippen LogP contribution < -0.4 is 16.0 Å². The van der Waals surface area contributed by atoms with E-state index < -0.39 is 5.91 Å². The van der Waals surface area contributed by atoms with Crippen molar-refractivity contribution in [1.82, 2.24) is 14.9 Å². The number of rotatable bonds is 3. The van der Waals surface area contributed by atoms with Gasteiger partial charge in [-0.3, -0.25) is 4.79 Å². The third kappa shape index (κ3) is 3.45. The van der Waals surface area contributed by atoms with Crippen LogP contribution >= 0.6 is 11.3 Å². The number of nitrogens with one attached hydrogen (secondary N) is 1. The van der Waals surface area contributed by atoms with E-state index in [1.54, 1.807) is 6.07 Å². The molecule has 2 saturated heterocycles. The van der Waals surface area contributed by atoms with Gasteiger partial charge in [0.1, 0.15) is 6.33 Å². The third-order valence-corrected chi connectivity index (χ3v) is 7.68. The molecule has 0 unspecified atom stereocenters. The summed E-state index contributed by atoms with van der Waals surface area (Å²) in [5, 5.41) is 5.31. The predicted octanol–water partition coefficient (Wildman–Crippen LogP) is 3.83. The van der Waals surface area contributed by atoms with Crippen LogP contribution in [-0.4, -0.2) is 52.0 Å². The van der Waals surface area contributed by atoms with E-state index in [0.29, 0.717) is 18.0 Å². The maximum Gasteiger partial charge on any atom is 0.321 e. The zero-order chi connectivity index (χ0) is 22.5.